The highest BCUT2D eigenvalue weighted by Gasteiger charge is 2.28. The van der Waals surface area contributed by atoms with Crippen LogP contribution in [0, 0.1) is 0 Å². The van der Waals surface area contributed by atoms with Gasteiger partial charge in [0.1, 0.15) is 12.0 Å². The largest absolute Gasteiger partial charge is 0.478 e. The van der Waals surface area contributed by atoms with Crippen LogP contribution in [-0.2, 0) is 6.54 Å². The fourth-order valence-corrected chi connectivity index (χ4v) is 1.71. The average Bonchev–Trinajstić information content (AvgIpc) is 2.94. The Bertz CT molecular complexity index is 354. The molecule has 2 rings (SSSR count). The molecule has 1 N–H and O–H groups in total. The van der Waals surface area contributed by atoms with E-state index < -0.39 is 5.97 Å². The van der Waals surface area contributed by atoms with Crippen LogP contribution in [0.5, 0.6) is 0 Å². The Morgan fingerprint density at radius 3 is 2.87 bits per heavy atom. The minimum absolute atomic E-state index is 0.233. The van der Waals surface area contributed by atoms with Crippen LogP contribution in [0.2, 0.25) is 0 Å². The van der Waals surface area contributed by atoms with E-state index in [1.807, 2.05) is 0 Å². The summed E-state index contributed by atoms with van der Waals surface area (Å²) in [4.78, 5) is 13.0. The fraction of sp³-hybridized carbons (Fsp3) is 0.545. The second kappa shape index (κ2) is 4.06. The molecular formula is C11H15NO3. The molecule has 1 fully saturated rings. The molecule has 0 atom stereocenters. The molecule has 0 saturated heterocycles. The molecule has 82 valence electrons. The van der Waals surface area contributed by atoms with E-state index in [1.54, 1.807) is 6.07 Å². The summed E-state index contributed by atoms with van der Waals surface area (Å²) in [6, 6.07) is 2.28. The smallest absolute Gasteiger partial charge is 0.338 e. The lowest BCUT2D eigenvalue weighted by atomic mass is 10.3. The third kappa shape index (κ3) is 2.39. The summed E-state index contributed by atoms with van der Waals surface area (Å²) < 4.78 is 5.21. The van der Waals surface area contributed by atoms with Gasteiger partial charge in [-0.15, -0.1) is 0 Å². The molecule has 0 bridgehead atoms. The lowest BCUT2D eigenvalue weighted by Gasteiger charge is -2.17. The Balaban J connectivity index is 1.99. The van der Waals surface area contributed by atoms with Crippen LogP contribution in [0.25, 0.3) is 0 Å². The molecule has 1 heterocycles. The Morgan fingerprint density at radius 1 is 1.67 bits per heavy atom. The van der Waals surface area contributed by atoms with Gasteiger partial charge < -0.3 is 9.52 Å². The molecular weight excluding hydrogens is 194 g/mol. The van der Waals surface area contributed by atoms with Crippen molar-refractivity contribution < 1.29 is 14.3 Å². The number of rotatable bonds is 5. The molecule has 0 amide bonds. The maximum absolute atomic E-state index is 10.6. The Labute approximate surface area is 88.5 Å². The highest BCUT2D eigenvalue weighted by atomic mass is 16.4. The summed E-state index contributed by atoms with van der Waals surface area (Å²) in [6.45, 7) is 3.81. The molecule has 1 saturated carbocycles. The third-order valence-electron chi connectivity index (χ3n) is 2.73. The minimum Gasteiger partial charge on any atom is -0.478 e. The Kier molecular flexibility index (Phi) is 2.77. The molecule has 0 aliphatic heterocycles. The van der Waals surface area contributed by atoms with Crippen LogP contribution in [0.1, 0.15) is 35.9 Å². The van der Waals surface area contributed by atoms with Gasteiger partial charge in [-0.2, -0.15) is 0 Å². The summed E-state index contributed by atoms with van der Waals surface area (Å²) in [5.41, 5.74) is 0.233. The first-order valence-electron chi connectivity index (χ1n) is 5.25. The number of nitrogens with zero attached hydrogens (tertiary/aromatic N) is 1. The quantitative estimate of drug-likeness (QED) is 0.805. The average molecular weight is 209 g/mol. The number of furan rings is 1. The molecule has 1 aromatic heterocycles. The first kappa shape index (κ1) is 10.2. The number of aromatic carboxylic acids is 1. The van der Waals surface area contributed by atoms with Gasteiger partial charge in [0.25, 0.3) is 0 Å². The van der Waals surface area contributed by atoms with Gasteiger partial charge in [-0.05, 0) is 25.5 Å². The van der Waals surface area contributed by atoms with Gasteiger partial charge in [-0.25, -0.2) is 4.79 Å². The summed E-state index contributed by atoms with van der Waals surface area (Å²) in [5.74, 6) is -0.194. The summed E-state index contributed by atoms with van der Waals surface area (Å²) >= 11 is 0. The van der Waals surface area contributed by atoms with E-state index >= 15 is 0 Å². The first-order valence-corrected chi connectivity index (χ1v) is 5.25. The highest BCUT2D eigenvalue weighted by Crippen LogP contribution is 2.28. The zero-order chi connectivity index (χ0) is 10.8. The van der Waals surface area contributed by atoms with Gasteiger partial charge in [0.05, 0.1) is 12.1 Å². The fourth-order valence-electron chi connectivity index (χ4n) is 1.71. The van der Waals surface area contributed by atoms with Crippen molar-refractivity contribution >= 4 is 5.97 Å². The molecule has 0 unspecified atom stereocenters. The van der Waals surface area contributed by atoms with Crippen molar-refractivity contribution in [3.63, 3.8) is 0 Å². The molecule has 4 nitrogen and oxygen atoms in total. The van der Waals surface area contributed by atoms with Crippen LogP contribution in [0.4, 0.5) is 0 Å². The number of hydrogen-bond donors (Lipinski definition) is 1. The number of carboxylic acid groups (broad SMARTS) is 1. The first-order chi connectivity index (χ1) is 7.20. The molecule has 1 aliphatic rings. The van der Waals surface area contributed by atoms with Crippen molar-refractivity contribution in [2.75, 3.05) is 6.54 Å². The summed E-state index contributed by atoms with van der Waals surface area (Å²) in [5, 5.41) is 8.74. The lowest BCUT2D eigenvalue weighted by molar-refractivity contribution is 0.0696. The number of carbonyl (C=O) groups is 1. The lowest BCUT2D eigenvalue weighted by Crippen LogP contribution is -2.24. The topological polar surface area (TPSA) is 53.7 Å². The van der Waals surface area contributed by atoms with Gasteiger partial charge in [-0.3, -0.25) is 4.90 Å². The molecule has 0 aromatic carbocycles. The monoisotopic (exact) mass is 209 g/mol. The Hall–Kier alpha value is -1.29. The zero-order valence-corrected chi connectivity index (χ0v) is 8.77. The normalized spacial score (nSPS) is 15.9. The van der Waals surface area contributed by atoms with E-state index in [2.05, 4.69) is 11.8 Å². The SMILES string of the molecule is CCN(Cc1cc(C(=O)O)co1)C1CC1. The van der Waals surface area contributed by atoms with Crippen molar-refractivity contribution in [1.29, 1.82) is 0 Å². The van der Waals surface area contributed by atoms with Crippen LogP contribution in [0.15, 0.2) is 16.7 Å². The van der Waals surface area contributed by atoms with E-state index in [9.17, 15) is 4.79 Å². The molecule has 15 heavy (non-hydrogen) atoms. The van der Waals surface area contributed by atoms with Crippen molar-refractivity contribution in [2.45, 2.75) is 32.4 Å². The van der Waals surface area contributed by atoms with Gasteiger partial charge in [-0.1, -0.05) is 6.92 Å². The molecule has 1 aliphatic carbocycles. The predicted octanol–water partition coefficient (Wildman–Crippen LogP) is 1.96. The maximum Gasteiger partial charge on any atom is 0.338 e. The number of hydrogen-bond acceptors (Lipinski definition) is 3. The molecule has 0 spiro atoms. The van der Waals surface area contributed by atoms with Crippen LogP contribution >= 0.6 is 0 Å². The van der Waals surface area contributed by atoms with Crippen LogP contribution in [0.3, 0.4) is 0 Å². The predicted molar refractivity (Wildman–Crippen MR) is 54.8 cm³/mol. The second-order valence-electron chi connectivity index (χ2n) is 3.90. The minimum atomic E-state index is -0.931. The van der Waals surface area contributed by atoms with Gasteiger partial charge in [0, 0.05) is 6.04 Å². The van der Waals surface area contributed by atoms with E-state index in [4.69, 9.17) is 9.52 Å². The second-order valence-corrected chi connectivity index (χ2v) is 3.90. The molecule has 0 radical (unpaired) electrons. The van der Waals surface area contributed by atoms with Crippen molar-refractivity contribution in [3.05, 3.63) is 23.7 Å². The van der Waals surface area contributed by atoms with Crippen molar-refractivity contribution in [1.82, 2.24) is 4.90 Å². The summed E-state index contributed by atoms with van der Waals surface area (Å²) in [6.07, 6.45) is 3.80. The van der Waals surface area contributed by atoms with Gasteiger partial charge >= 0.3 is 5.97 Å². The third-order valence-corrected chi connectivity index (χ3v) is 2.73. The highest BCUT2D eigenvalue weighted by molar-refractivity contribution is 5.87. The molecule has 1 aromatic rings. The standard InChI is InChI=1S/C11H15NO3/c1-2-12(9-3-4-9)6-10-5-8(7-15-10)11(13)14/h5,7,9H,2-4,6H2,1H3,(H,13,14). The number of carboxylic acids is 1. The molecule has 4 heteroatoms. The van der Waals surface area contributed by atoms with Crippen molar-refractivity contribution in [3.8, 4) is 0 Å². The summed E-state index contributed by atoms with van der Waals surface area (Å²) in [7, 11) is 0. The van der Waals surface area contributed by atoms with Gasteiger partial charge in [0.2, 0.25) is 0 Å². The Morgan fingerprint density at radius 2 is 2.40 bits per heavy atom. The van der Waals surface area contributed by atoms with Crippen LogP contribution < -0.4 is 0 Å². The van der Waals surface area contributed by atoms with E-state index in [0.29, 0.717) is 12.6 Å². The van der Waals surface area contributed by atoms with Gasteiger partial charge in [0.15, 0.2) is 0 Å². The van der Waals surface area contributed by atoms with Crippen LogP contribution in [-0.4, -0.2) is 28.6 Å². The van der Waals surface area contributed by atoms with Crippen molar-refractivity contribution in [2.24, 2.45) is 0 Å². The van der Waals surface area contributed by atoms with E-state index in [-0.39, 0.29) is 5.56 Å². The van der Waals surface area contributed by atoms with E-state index in [0.717, 1.165) is 12.3 Å². The van der Waals surface area contributed by atoms with E-state index in [1.165, 1.54) is 19.1 Å². The maximum atomic E-state index is 10.6. The zero-order valence-electron chi connectivity index (χ0n) is 8.77.